The number of fused-ring (bicyclic) bond motifs is 1. The zero-order valence-electron chi connectivity index (χ0n) is 14.6. The monoisotopic (exact) mass is 411 g/mol. The molecule has 3 N–H and O–H groups in total. The molecule has 6 nitrogen and oxygen atoms in total. The van der Waals surface area contributed by atoms with E-state index in [0.29, 0.717) is 6.07 Å². The summed E-state index contributed by atoms with van der Waals surface area (Å²) in [5.41, 5.74) is 3.49. The van der Waals surface area contributed by atoms with E-state index in [2.05, 4.69) is 4.98 Å². The highest BCUT2D eigenvalue weighted by Gasteiger charge is 2.24. The van der Waals surface area contributed by atoms with Gasteiger partial charge in [-0.15, -0.1) is 0 Å². The van der Waals surface area contributed by atoms with Crippen LogP contribution in [0.15, 0.2) is 23.1 Å². The minimum atomic E-state index is -1.62. The Bertz CT molecular complexity index is 1210. The maximum absolute atomic E-state index is 14.5. The van der Waals surface area contributed by atoms with Gasteiger partial charge < -0.3 is 10.8 Å². The van der Waals surface area contributed by atoms with E-state index >= 15 is 0 Å². The van der Waals surface area contributed by atoms with E-state index in [9.17, 15) is 27.9 Å². The predicted octanol–water partition coefficient (Wildman–Crippen LogP) is 3.86. The van der Waals surface area contributed by atoms with E-state index in [0.717, 1.165) is 16.8 Å². The second kappa shape index (κ2) is 6.83. The van der Waals surface area contributed by atoms with Gasteiger partial charge in [-0.05, 0) is 12.0 Å². The predicted molar refractivity (Wildman–Crippen MR) is 97.7 cm³/mol. The summed E-state index contributed by atoms with van der Waals surface area (Å²) in [4.78, 5) is 27.6. The number of halogens is 4. The van der Waals surface area contributed by atoms with Crippen molar-refractivity contribution >= 4 is 34.3 Å². The first-order chi connectivity index (χ1) is 13.0. The molecule has 0 saturated carbocycles. The number of hydrogen-bond acceptors (Lipinski definition) is 4. The first-order valence-electron chi connectivity index (χ1n) is 7.97. The summed E-state index contributed by atoms with van der Waals surface area (Å²) < 4.78 is 43.3. The van der Waals surface area contributed by atoms with Gasteiger partial charge in [-0.1, -0.05) is 25.4 Å². The summed E-state index contributed by atoms with van der Waals surface area (Å²) in [6.07, 6.45) is 0.795. The minimum Gasteiger partial charge on any atom is -0.477 e. The third kappa shape index (κ3) is 2.97. The standard InChI is InChI=1S/C18H13ClF3N3O3/c1-6(2)12-9(20)3-7-14(13(12)19)25(5-8(15(7)26)18(27)28)17-11(22)4-10(21)16(23)24-17/h3-6H,1-2H3,(H2,23,24)(H,27,28). The molecule has 0 fully saturated rings. The summed E-state index contributed by atoms with van der Waals surface area (Å²) >= 11 is 6.32. The summed E-state index contributed by atoms with van der Waals surface area (Å²) in [6, 6.07) is 1.30. The van der Waals surface area contributed by atoms with Crippen molar-refractivity contribution in [1.82, 2.24) is 9.55 Å². The summed E-state index contributed by atoms with van der Waals surface area (Å²) in [7, 11) is 0. The number of nitrogens with two attached hydrogens (primary N) is 1. The number of hydrogen-bond donors (Lipinski definition) is 2. The normalized spacial score (nSPS) is 11.4. The Balaban J connectivity index is 2.60. The molecular weight excluding hydrogens is 399 g/mol. The highest BCUT2D eigenvalue weighted by Crippen LogP contribution is 2.35. The molecule has 2 heterocycles. The quantitative estimate of drug-likeness (QED) is 0.682. The van der Waals surface area contributed by atoms with Gasteiger partial charge in [0.1, 0.15) is 11.4 Å². The molecule has 3 rings (SSSR count). The molecule has 0 bridgehead atoms. The Morgan fingerprint density at radius 3 is 2.43 bits per heavy atom. The maximum atomic E-state index is 14.5. The molecule has 0 spiro atoms. The van der Waals surface area contributed by atoms with E-state index in [1.807, 2.05) is 0 Å². The summed E-state index contributed by atoms with van der Waals surface area (Å²) in [5, 5.41) is 8.69. The lowest BCUT2D eigenvalue weighted by molar-refractivity contribution is 0.0695. The van der Waals surface area contributed by atoms with Crippen molar-refractivity contribution in [3.05, 3.63) is 62.2 Å². The van der Waals surface area contributed by atoms with E-state index in [4.69, 9.17) is 17.3 Å². The van der Waals surface area contributed by atoms with Gasteiger partial charge in [0.25, 0.3) is 0 Å². The van der Waals surface area contributed by atoms with Gasteiger partial charge >= 0.3 is 5.97 Å². The van der Waals surface area contributed by atoms with Gasteiger partial charge in [0.05, 0.1) is 15.9 Å². The van der Waals surface area contributed by atoms with Crippen LogP contribution in [0.3, 0.4) is 0 Å². The number of nitrogen functional groups attached to an aromatic ring is 1. The minimum absolute atomic E-state index is 0.0425. The highest BCUT2D eigenvalue weighted by atomic mass is 35.5. The fraction of sp³-hybridized carbons (Fsp3) is 0.167. The van der Waals surface area contributed by atoms with Crippen LogP contribution in [0.2, 0.25) is 5.02 Å². The molecule has 0 saturated heterocycles. The molecule has 28 heavy (non-hydrogen) atoms. The van der Waals surface area contributed by atoms with Gasteiger partial charge in [0, 0.05) is 17.8 Å². The molecule has 0 amide bonds. The molecule has 0 unspecified atom stereocenters. The first kappa shape index (κ1) is 19.7. The van der Waals surface area contributed by atoms with Gasteiger partial charge in [-0.3, -0.25) is 9.36 Å². The zero-order valence-corrected chi connectivity index (χ0v) is 15.3. The van der Waals surface area contributed by atoms with Crippen molar-refractivity contribution in [1.29, 1.82) is 0 Å². The van der Waals surface area contributed by atoms with Crippen LogP contribution in [0, 0.1) is 17.5 Å². The second-order valence-electron chi connectivity index (χ2n) is 6.34. The molecule has 0 aliphatic rings. The fourth-order valence-corrected chi connectivity index (χ4v) is 3.42. The Labute approximate surface area is 161 Å². The summed E-state index contributed by atoms with van der Waals surface area (Å²) in [5.74, 6) is -6.39. The van der Waals surface area contributed by atoms with E-state index < -0.39 is 57.4 Å². The third-order valence-corrected chi connectivity index (χ3v) is 4.57. The Morgan fingerprint density at radius 2 is 1.86 bits per heavy atom. The smallest absolute Gasteiger partial charge is 0.341 e. The molecule has 3 aromatic rings. The van der Waals surface area contributed by atoms with Crippen LogP contribution in [0.5, 0.6) is 0 Å². The number of benzene rings is 1. The molecule has 0 atom stereocenters. The Hall–Kier alpha value is -3.07. The SMILES string of the molecule is CC(C)c1c(F)cc2c(=O)c(C(=O)O)cn(-c3nc(N)c(F)cc3F)c2c1Cl. The number of anilines is 1. The average molecular weight is 412 g/mol. The van der Waals surface area contributed by atoms with Crippen LogP contribution in [-0.2, 0) is 0 Å². The van der Waals surface area contributed by atoms with Gasteiger partial charge in [-0.25, -0.2) is 22.9 Å². The lowest BCUT2D eigenvalue weighted by Gasteiger charge is -2.18. The maximum Gasteiger partial charge on any atom is 0.341 e. The van der Waals surface area contributed by atoms with E-state index in [-0.39, 0.29) is 16.1 Å². The molecular formula is C18H13ClF3N3O3. The Morgan fingerprint density at radius 1 is 1.21 bits per heavy atom. The van der Waals surface area contributed by atoms with Crippen LogP contribution >= 0.6 is 11.6 Å². The van der Waals surface area contributed by atoms with Crippen molar-refractivity contribution in [3.63, 3.8) is 0 Å². The van der Waals surface area contributed by atoms with Crippen LogP contribution in [-0.4, -0.2) is 20.6 Å². The van der Waals surface area contributed by atoms with Crippen LogP contribution in [0.25, 0.3) is 16.7 Å². The van der Waals surface area contributed by atoms with E-state index in [1.54, 1.807) is 13.8 Å². The van der Waals surface area contributed by atoms with Crippen molar-refractivity contribution in [3.8, 4) is 5.82 Å². The number of carboxylic acid groups (broad SMARTS) is 1. The number of aromatic nitrogens is 2. The number of carboxylic acids is 1. The fourth-order valence-electron chi connectivity index (χ4n) is 2.92. The number of nitrogens with zero attached hydrogens (tertiary/aromatic N) is 2. The molecule has 146 valence electrons. The van der Waals surface area contributed by atoms with Crippen molar-refractivity contribution in [2.45, 2.75) is 19.8 Å². The van der Waals surface area contributed by atoms with Gasteiger partial charge in [0.2, 0.25) is 5.43 Å². The molecule has 10 heteroatoms. The number of aromatic carboxylic acids is 1. The highest BCUT2D eigenvalue weighted by molar-refractivity contribution is 6.36. The van der Waals surface area contributed by atoms with Crippen molar-refractivity contribution in [2.24, 2.45) is 0 Å². The number of pyridine rings is 2. The molecule has 0 radical (unpaired) electrons. The molecule has 0 aliphatic heterocycles. The number of rotatable bonds is 3. The van der Waals surface area contributed by atoms with Gasteiger partial charge in [-0.2, -0.15) is 0 Å². The Kier molecular flexibility index (Phi) is 4.80. The van der Waals surface area contributed by atoms with Crippen LogP contribution in [0.4, 0.5) is 19.0 Å². The van der Waals surface area contributed by atoms with Crippen molar-refractivity contribution in [2.75, 3.05) is 5.73 Å². The number of carbonyl (C=O) groups is 1. The van der Waals surface area contributed by atoms with E-state index in [1.165, 1.54) is 0 Å². The molecule has 1 aromatic carbocycles. The summed E-state index contributed by atoms with van der Waals surface area (Å²) in [6.45, 7) is 3.30. The van der Waals surface area contributed by atoms with Crippen LogP contribution < -0.4 is 11.2 Å². The largest absolute Gasteiger partial charge is 0.477 e. The van der Waals surface area contributed by atoms with Crippen molar-refractivity contribution < 1.29 is 23.1 Å². The lowest BCUT2D eigenvalue weighted by Crippen LogP contribution is -2.20. The second-order valence-corrected chi connectivity index (χ2v) is 6.72. The zero-order chi connectivity index (χ0) is 20.9. The average Bonchev–Trinajstić information content (AvgIpc) is 2.58. The molecule has 2 aromatic heterocycles. The molecule has 0 aliphatic carbocycles. The lowest BCUT2D eigenvalue weighted by atomic mass is 9.99. The van der Waals surface area contributed by atoms with Gasteiger partial charge in [0.15, 0.2) is 23.3 Å². The first-order valence-corrected chi connectivity index (χ1v) is 8.34. The van der Waals surface area contributed by atoms with Crippen LogP contribution in [0.1, 0.15) is 35.7 Å². The topological polar surface area (TPSA) is 98.2 Å². The third-order valence-electron chi connectivity index (χ3n) is 4.19.